The van der Waals surface area contributed by atoms with Crippen LogP contribution in [0.25, 0.3) is 0 Å². The zero-order valence-electron chi connectivity index (χ0n) is 12.9. The topological polar surface area (TPSA) is 24.5 Å². The predicted molar refractivity (Wildman–Crippen MR) is 81.6 cm³/mol. The molecular formula is C16H28N2O. The summed E-state index contributed by atoms with van der Waals surface area (Å²) in [6.07, 6.45) is 0. The molecule has 1 rings (SSSR count). The van der Waals surface area contributed by atoms with E-state index in [0.717, 1.165) is 19.7 Å². The lowest BCUT2D eigenvalue weighted by molar-refractivity contribution is 0.112. The van der Waals surface area contributed by atoms with Crippen LogP contribution in [0.15, 0.2) is 24.3 Å². The molecule has 108 valence electrons. The van der Waals surface area contributed by atoms with Gasteiger partial charge in [-0.2, -0.15) is 0 Å². The second kappa shape index (κ2) is 8.31. The Balaban J connectivity index is 2.56. The van der Waals surface area contributed by atoms with Crippen molar-refractivity contribution in [2.24, 2.45) is 0 Å². The summed E-state index contributed by atoms with van der Waals surface area (Å²) in [6.45, 7) is 7.19. The zero-order valence-corrected chi connectivity index (χ0v) is 12.9. The lowest BCUT2D eigenvalue weighted by Crippen LogP contribution is -2.32. The average Bonchev–Trinajstić information content (AvgIpc) is 2.40. The maximum absolute atomic E-state index is 5.19. The number of likely N-dealkylation sites (N-methyl/N-ethyl adjacent to an activating group) is 2. The van der Waals surface area contributed by atoms with E-state index >= 15 is 0 Å². The Morgan fingerprint density at radius 3 is 2.37 bits per heavy atom. The standard InChI is InChI=1S/C16H28N2O/c1-13(10-17-3)16-8-6-15(7-9-16)11-18(4)14(2)12-19-5/h6-9,13-14,17H,10-12H2,1-5H3. The number of nitrogens with one attached hydrogen (secondary N) is 1. The van der Waals surface area contributed by atoms with Crippen molar-refractivity contribution < 1.29 is 4.74 Å². The Morgan fingerprint density at radius 1 is 1.21 bits per heavy atom. The van der Waals surface area contributed by atoms with Crippen LogP contribution in [0, 0.1) is 0 Å². The summed E-state index contributed by atoms with van der Waals surface area (Å²) < 4.78 is 5.19. The molecule has 0 heterocycles. The molecule has 0 aliphatic carbocycles. The van der Waals surface area contributed by atoms with E-state index < -0.39 is 0 Å². The molecule has 19 heavy (non-hydrogen) atoms. The minimum Gasteiger partial charge on any atom is -0.383 e. The third kappa shape index (κ3) is 5.31. The first-order chi connectivity index (χ1) is 9.08. The fourth-order valence-electron chi connectivity index (χ4n) is 2.19. The van der Waals surface area contributed by atoms with Gasteiger partial charge in [-0.15, -0.1) is 0 Å². The highest BCUT2D eigenvalue weighted by molar-refractivity contribution is 5.25. The monoisotopic (exact) mass is 264 g/mol. The summed E-state index contributed by atoms with van der Waals surface area (Å²) >= 11 is 0. The maximum atomic E-state index is 5.19. The number of rotatable bonds is 8. The number of hydrogen-bond acceptors (Lipinski definition) is 3. The molecule has 0 saturated carbocycles. The molecule has 0 radical (unpaired) electrons. The molecule has 0 aromatic heterocycles. The van der Waals surface area contributed by atoms with Gasteiger partial charge in [0.1, 0.15) is 0 Å². The van der Waals surface area contributed by atoms with Crippen LogP contribution in [0.4, 0.5) is 0 Å². The van der Waals surface area contributed by atoms with Gasteiger partial charge in [-0.1, -0.05) is 31.2 Å². The molecular weight excluding hydrogens is 236 g/mol. The first-order valence-corrected chi connectivity index (χ1v) is 7.01. The van der Waals surface area contributed by atoms with E-state index in [4.69, 9.17) is 4.74 Å². The van der Waals surface area contributed by atoms with Gasteiger partial charge in [-0.25, -0.2) is 0 Å². The van der Waals surface area contributed by atoms with Crippen molar-refractivity contribution in [2.45, 2.75) is 32.4 Å². The van der Waals surface area contributed by atoms with Gasteiger partial charge >= 0.3 is 0 Å². The Bertz CT molecular complexity index is 350. The molecule has 3 nitrogen and oxygen atoms in total. The lowest BCUT2D eigenvalue weighted by atomic mass is 9.99. The van der Waals surface area contributed by atoms with Gasteiger partial charge in [0, 0.05) is 26.2 Å². The second-order valence-corrected chi connectivity index (χ2v) is 5.42. The van der Waals surface area contributed by atoms with E-state index in [2.05, 4.69) is 55.4 Å². The fourth-order valence-corrected chi connectivity index (χ4v) is 2.19. The molecule has 0 saturated heterocycles. The van der Waals surface area contributed by atoms with E-state index in [1.54, 1.807) is 7.11 Å². The lowest BCUT2D eigenvalue weighted by Gasteiger charge is -2.24. The van der Waals surface area contributed by atoms with Gasteiger partial charge in [-0.3, -0.25) is 4.90 Å². The SMILES string of the molecule is CNCC(C)c1ccc(CN(C)C(C)COC)cc1. The van der Waals surface area contributed by atoms with Crippen LogP contribution in [0.3, 0.4) is 0 Å². The molecule has 0 aliphatic heterocycles. The Hall–Kier alpha value is -0.900. The molecule has 2 unspecified atom stereocenters. The maximum Gasteiger partial charge on any atom is 0.0615 e. The van der Waals surface area contributed by atoms with Crippen molar-refractivity contribution in [3.63, 3.8) is 0 Å². The van der Waals surface area contributed by atoms with Crippen molar-refractivity contribution in [1.29, 1.82) is 0 Å². The van der Waals surface area contributed by atoms with Crippen molar-refractivity contribution in [3.05, 3.63) is 35.4 Å². The highest BCUT2D eigenvalue weighted by atomic mass is 16.5. The van der Waals surface area contributed by atoms with Crippen molar-refractivity contribution >= 4 is 0 Å². The zero-order chi connectivity index (χ0) is 14.3. The minimum atomic E-state index is 0.438. The highest BCUT2D eigenvalue weighted by Crippen LogP contribution is 2.16. The molecule has 0 fully saturated rings. The molecule has 1 aromatic carbocycles. The molecule has 1 aromatic rings. The van der Waals surface area contributed by atoms with Crippen LogP contribution in [-0.4, -0.2) is 45.3 Å². The summed E-state index contributed by atoms with van der Waals surface area (Å²) in [5.74, 6) is 0.559. The van der Waals surface area contributed by atoms with Crippen LogP contribution in [0.1, 0.15) is 30.9 Å². The summed E-state index contributed by atoms with van der Waals surface area (Å²) in [4.78, 5) is 2.32. The first-order valence-electron chi connectivity index (χ1n) is 7.01. The second-order valence-electron chi connectivity index (χ2n) is 5.42. The molecule has 3 heteroatoms. The number of nitrogens with zero attached hydrogens (tertiary/aromatic N) is 1. The summed E-state index contributed by atoms with van der Waals surface area (Å²) in [7, 11) is 5.89. The van der Waals surface area contributed by atoms with Crippen molar-refractivity contribution in [1.82, 2.24) is 10.2 Å². The van der Waals surface area contributed by atoms with Crippen molar-refractivity contribution in [3.8, 4) is 0 Å². The van der Waals surface area contributed by atoms with Crippen LogP contribution in [0.2, 0.25) is 0 Å². The Kier molecular flexibility index (Phi) is 7.06. The smallest absolute Gasteiger partial charge is 0.0615 e. The Labute approximate surface area is 118 Å². The summed E-state index contributed by atoms with van der Waals surface area (Å²) in [6, 6.07) is 9.39. The first kappa shape index (κ1) is 16.2. The van der Waals surface area contributed by atoms with Gasteiger partial charge in [-0.05, 0) is 38.1 Å². The molecule has 0 amide bonds. The Morgan fingerprint density at radius 2 is 1.84 bits per heavy atom. The third-order valence-corrected chi connectivity index (χ3v) is 3.65. The third-order valence-electron chi connectivity index (χ3n) is 3.65. The van der Waals surface area contributed by atoms with E-state index in [1.807, 2.05) is 7.05 Å². The van der Waals surface area contributed by atoms with E-state index in [9.17, 15) is 0 Å². The van der Waals surface area contributed by atoms with E-state index in [1.165, 1.54) is 11.1 Å². The van der Waals surface area contributed by atoms with Gasteiger partial charge in [0.2, 0.25) is 0 Å². The molecule has 0 bridgehead atoms. The minimum absolute atomic E-state index is 0.438. The van der Waals surface area contributed by atoms with E-state index in [0.29, 0.717) is 12.0 Å². The van der Waals surface area contributed by atoms with E-state index in [-0.39, 0.29) is 0 Å². The van der Waals surface area contributed by atoms with Gasteiger partial charge < -0.3 is 10.1 Å². The van der Waals surface area contributed by atoms with Gasteiger partial charge in [0.05, 0.1) is 6.61 Å². The van der Waals surface area contributed by atoms with Crippen molar-refractivity contribution in [2.75, 3.05) is 34.4 Å². The molecule has 1 N–H and O–H groups in total. The predicted octanol–water partition coefficient (Wildman–Crippen LogP) is 2.48. The van der Waals surface area contributed by atoms with Gasteiger partial charge in [0.15, 0.2) is 0 Å². The average molecular weight is 264 g/mol. The number of ether oxygens (including phenoxy) is 1. The molecule has 0 spiro atoms. The number of hydrogen-bond donors (Lipinski definition) is 1. The largest absolute Gasteiger partial charge is 0.383 e. The van der Waals surface area contributed by atoms with Crippen LogP contribution in [0.5, 0.6) is 0 Å². The summed E-state index contributed by atoms with van der Waals surface area (Å²) in [5, 5.41) is 3.22. The molecule has 2 atom stereocenters. The number of benzene rings is 1. The molecule has 0 aliphatic rings. The van der Waals surface area contributed by atoms with Crippen LogP contribution in [-0.2, 0) is 11.3 Å². The van der Waals surface area contributed by atoms with Gasteiger partial charge in [0.25, 0.3) is 0 Å². The number of methoxy groups -OCH3 is 1. The van der Waals surface area contributed by atoms with Crippen LogP contribution < -0.4 is 5.32 Å². The highest BCUT2D eigenvalue weighted by Gasteiger charge is 2.09. The normalized spacial score (nSPS) is 14.6. The fraction of sp³-hybridized carbons (Fsp3) is 0.625. The summed E-state index contributed by atoms with van der Waals surface area (Å²) in [5.41, 5.74) is 2.75. The van der Waals surface area contributed by atoms with Crippen LogP contribution >= 0.6 is 0 Å². The quantitative estimate of drug-likeness (QED) is 0.780.